The summed E-state index contributed by atoms with van der Waals surface area (Å²) in [5, 5.41) is 11.6. The number of hydrogen-bond acceptors (Lipinski definition) is 3. The van der Waals surface area contributed by atoms with Gasteiger partial charge in [0.1, 0.15) is 6.54 Å². The van der Waals surface area contributed by atoms with Gasteiger partial charge in [0.25, 0.3) is 0 Å². The second-order valence-corrected chi connectivity index (χ2v) is 4.29. The predicted molar refractivity (Wildman–Crippen MR) is 59.6 cm³/mol. The number of aromatic nitrogens is 2. The Morgan fingerprint density at radius 3 is 2.76 bits per heavy atom. The van der Waals surface area contributed by atoms with Crippen LogP contribution in [0.25, 0.3) is 0 Å². The fourth-order valence-corrected chi connectivity index (χ4v) is 2.07. The maximum absolute atomic E-state index is 11.6. The minimum atomic E-state index is -1.08. The van der Waals surface area contributed by atoms with E-state index in [4.69, 9.17) is 5.11 Å². The van der Waals surface area contributed by atoms with Crippen LogP contribution in [-0.2, 0) is 11.3 Å². The molecule has 0 unspecified atom stereocenters. The highest BCUT2D eigenvalue weighted by Gasteiger charge is 2.17. The molecular weight excluding hydrogens is 222 g/mol. The number of carbonyl (C=O) groups excluding carboxylic acids is 1. The van der Waals surface area contributed by atoms with Gasteiger partial charge in [-0.25, -0.2) is 9.78 Å². The Morgan fingerprint density at radius 1 is 1.47 bits per heavy atom. The Kier molecular flexibility index (Phi) is 3.41. The number of carboxylic acid groups (broad SMARTS) is 1. The number of nitrogens with zero attached hydrogens (tertiary/aromatic N) is 2. The molecule has 1 aliphatic rings. The van der Waals surface area contributed by atoms with Crippen LogP contribution in [0.4, 0.5) is 0 Å². The lowest BCUT2D eigenvalue weighted by molar-refractivity contribution is -0.122. The lowest BCUT2D eigenvalue weighted by Gasteiger charge is -2.11. The first-order valence-corrected chi connectivity index (χ1v) is 5.69. The highest BCUT2D eigenvalue weighted by Crippen LogP contribution is 2.17. The average Bonchev–Trinajstić information content (AvgIpc) is 2.88. The zero-order chi connectivity index (χ0) is 12.3. The molecule has 1 amide bonds. The van der Waals surface area contributed by atoms with E-state index in [0.29, 0.717) is 0 Å². The minimum absolute atomic E-state index is 0.0429. The van der Waals surface area contributed by atoms with Gasteiger partial charge in [-0.05, 0) is 12.8 Å². The number of imidazole rings is 1. The number of carbonyl (C=O) groups is 2. The van der Waals surface area contributed by atoms with Gasteiger partial charge in [-0.15, -0.1) is 0 Å². The average molecular weight is 237 g/mol. The minimum Gasteiger partial charge on any atom is -0.476 e. The van der Waals surface area contributed by atoms with E-state index in [1.807, 2.05) is 0 Å². The summed E-state index contributed by atoms with van der Waals surface area (Å²) in [7, 11) is 0. The number of hydrogen-bond donors (Lipinski definition) is 2. The quantitative estimate of drug-likeness (QED) is 0.804. The van der Waals surface area contributed by atoms with Crippen LogP contribution in [-0.4, -0.2) is 32.6 Å². The first-order chi connectivity index (χ1) is 8.15. The van der Waals surface area contributed by atoms with Crippen LogP contribution in [0.15, 0.2) is 12.5 Å². The van der Waals surface area contributed by atoms with E-state index in [9.17, 15) is 9.59 Å². The smallest absolute Gasteiger partial charge is 0.356 e. The predicted octanol–water partition coefficient (Wildman–Crippen LogP) is 0.640. The molecule has 2 N–H and O–H groups in total. The zero-order valence-corrected chi connectivity index (χ0v) is 9.43. The summed E-state index contributed by atoms with van der Waals surface area (Å²) in [6.07, 6.45) is 7.12. The number of nitrogens with one attached hydrogen (secondary N) is 1. The fraction of sp³-hybridized carbons (Fsp3) is 0.545. The summed E-state index contributed by atoms with van der Waals surface area (Å²) in [5.74, 6) is -1.17. The van der Waals surface area contributed by atoms with Gasteiger partial charge >= 0.3 is 5.97 Å². The van der Waals surface area contributed by atoms with Crippen molar-refractivity contribution in [2.24, 2.45) is 0 Å². The first-order valence-electron chi connectivity index (χ1n) is 5.69. The monoisotopic (exact) mass is 237 g/mol. The fourth-order valence-electron chi connectivity index (χ4n) is 2.07. The number of carboxylic acids is 1. The molecule has 6 heteroatoms. The molecular formula is C11H15N3O3. The molecule has 6 nitrogen and oxygen atoms in total. The van der Waals surface area contributed by atoms with E-state index in [2.05, 4.69) is 10.3 Å². The van der Waals surface area contributed by atoms with Crippen molar-refractivity contribution in [1.82, 2.24) is 14.9 Å². The van der Waals surface area contributed by atoms with Gasteiger partial charge < -0.3 is 15.0 Å². The molecule has 1 saturated carbocycles. The number of amides is 1. The van der Waals surface area contributed by atoms with E-state index in [1.54, 1.807) is 0 Å². The second kappa shape index (κ2) is 4.99. The van der Waals surface area contributed by atoms with Gasteiger partial charge in [-0.2, -0.15) is 0 Å². The van der Waals surface area contributed by atoms with Gasteiger partial charge in [0.2, 0.25) is 5.91 Å². The largest absolute Gasteiger partial charge is 0.476 e. The summed E-state index contributed by atoms with van der Waals surface area (Å²) in [6.45, 7) is 0.122. The molecule has 1 aliphatic carbocycles. The summed E-state index contributed by atoms with van der Waals surface area (Å²) < 4.78 is 1.48. The number of rotatable bonds is 4. The summed E-state index contributed by atoms with van der Waals surface area (Å²) >= 11 is 0. The van der Waals surface area contributed by atoms with Crippen LogP contribution in [0.1, 0.15) is 36.2 Å². The Morgan fingerprint density at radius 2 is 2.18 bits per heavy atom. The maximum atomic E-state index is 11.6. The molecule has 92 valence electrons. The third-order valence-corrected chi connectivity index (χ3v) is 2.90. The first kappa shape index (κ1) is 11.6. The molecule has 2 rings (SSSR count). The van der Waals surface area contributed by atoms with Crippen molar-refractivity contribution < 1.29 is 14.7 Å². The van der Waals surface area contributed by atoms with Crippen LogP contribution in [0, 0.1) is 0 Å². The lowest BCUT2D eigenvalue weighted by Crippen LogP contribution is -2.34. The van der Waals surface area contributed by atoms with E-state index < -0.39 is 5.97 Å². The van der Waals surface area contributed by atoms with Crippen LogP contribution >= 0.6 is 0 Å². The molecule has 0 aromatic carbocycles. The van der Waals surface area contributed by atoms with Crippen LogP contribution < -0.4 is 5.32 Å². The van der Waals surface area contributed by atoms with Crippen molar-refractivity contribution in [3.05, 3.63) is 18.2 Å². The van der Waals surface area contributed by atoms with Crippen molar-refractivity contribution >= 4 is 11.9 Å². The third-order valence-electron chi connectivity index (χ3n) is 2.90. The molecule has 0 spiro atoms. The van der Waals surface area contributed by atoms with E-state index >= 15 is 0 Å². The third kappa shape index (κ3) is 3.05. The molecule has 1 aromatic rings. The van der Waals surface area contributed by atoms with Crippen LogP contribution in [0.5, 0.6) is 0 Å². The van der Waals surface area contributed by atoms with E-state index in [0.717, 1.165) is 12.8 Å². The Balaban J connectivity index is 1.86. The maximum Gasteiger partial charge on any atom is 0.356 e. The van der Waals surface area contributed by atoms with Crippen molar-refractivity contribution in [1.29, 1.82) is 0 Å². The standard InChI is InChI=1S/C11H15N3O3/c15-10(13-8-3-1-2-4-8)6-14-5-9(11(16)17)12-7-14/h5,7-8H,1-4,6H2,(H,13,15)(H,16,17). The molecule has 0 radical (unpaired) electrons. The summed E-state index contributed by atoms with van der Waals surface area (Å²) in [6, 6.07) is 0.282. The van der Waals surface area contributed by atoms with E-state index in [1.165, 1.54) is 29.9 Å². The molecule has 0 bridgehead atoms. The SMILES string of the molecule is O=C(Cn1cnc(C(=O)O)c1)NC1CCCC1. The molecule has 17 heavy (non-hydrogen) atoms. The highest BCUT2D eigenvalue weighted by atomic mass is 16.4. The molecule has 1 heterocycles. The Labute approximate surface area is 98.7 Å². The molecule has 0 saturated heterocycles. The topological polar surface area (TPSA) is 84.2 Å². The van der Waals surface area contributed by atoms with Crippen LogP contribution in [0.2, 0.25) is 0 Å². The molecule has 0 atom stereocenters. The lowest BCUT2D eigenvalue weighted by atomic mass is 10.2. The summed E-state index contributed by atoms with van der Waals surface area (Å²) in [4.78, 5) is 25.9. The van der Waals surface area contributed by atoms with Gasteiger partial charge in [0.05, 0.1) is 6.33 Å². The van der Waals surface area contributed by atoms with Crippen molar-refractivity contribution in [2.75, 3.05) is 0 Å². The van der Waals surface area contributed by atoms with Gasteiger partial charge in [0, 0.05) is 12.2 Å². The van der Waals surface area contributed by atoms with Crippen molar-refractivity contribution in [3.8, 4) is 0 Å². The number of aromatic carboxylic acids is 1. The van der Waals surface area contributed by atoms with Crippen LogP contribution in [0.3, 0.4) is 0 Å². The Hall–Kier alpha value is -1.85. The van der Waals surface area contributed by atoms with Crippen molar-refractivity contribution in [3.63, 3.8) is 0 Å². The molecule has 0 aliphatic heterocycles. The summed E-state index contributed by atoms with van der Waals surface area (Å²) in [5.41, 5.74) is -0.0429. The normalized spacial score (nSPS) is 16.0. The zero-order valence-electron chi connectivity index (χ0n) is 9.43. The van der Waals surface area contributed by atoms with Crippen molar-refractivity contribution in [2.45, 2.75) is 38.3 Å². The van der Waals surface area contributed by atoms with Gasteiger partial charge in [-0.1, -0.05) is 12.8 Å². The Bertz CT molecular complexity index is 421. The van der Waals surface area contributed by atoms with Gasteiger partial charge in [-0.3, -0.25) is 4.79 Å². The van der Waals surface area contributed by atoms with E-state index in [-0.39, 0.29) is 24.2 Å². The molecule has 1 fully saturated rings. The highest BCUT2D eigenvalue weighted by molar-refractivity contribution is 5.85. The van der Waals surface area contributed by atoms with Gasteiger partial charge in [0.15, 0.2) is 5.69 Å². The second-order valence-electron chi connectivity index (χ2n) is 4.29. The molecule has 1 aromatic heterocycles.